The van der Waals surface area contributed by atoms with Crippen LogP contribution in [-0.4, -0.2) is 104 Å². The van der Waals surface area contributed by atoms with Gasteiger partial charge < -0.3 is 29.4 Å². The molecular formula is C48H50FN11O5. The Labute approximate surface area is 375 Å². The van der Waals surface area contributed by atoms with E-state index in [0.29, 0.717) is 74.1 Å². The van der Waals surface area contributed by atoms with Crippen LogP contribution in [0.1, 0.15) is 42.8 Å². The molecule has 2 aromatic carbocycles. The van der Waals surface area contributed by atoms with Gasteiger partial charge in [0.1, 0.15) is 30.2 Å². The molecular weight excluding hydrogens is 830 g/mol. The largest absolute Gasteiger partial charge is 0.490 e. The summed E-state index contributed by atoms with van der Waals surface area (Å²) in [5, 5.41) is 14.2. The SMILES string of the molecule is Cc1nc(-c2nc[nH]n2)ccc1-c1cnc2c(n1)N(CCOCCOCCOc1cncc(-c3ccc4c(c3)c3c(n4Cc4cccc(F)c4)CC[C@@H](NC(=O)C(C)C)C3)c1)C(=O)CN2. The van der Waals surface area contributed by atoms with Crippen LogP contribution in [0.5, 0.6) is 5.75 Å². The minimum atomic E-state index is -0.255. The van der Waals surface area contributed by atoms with E-state index in [1.807, 2.05) is 51.2 Å². The highest BCUT2D eigenvalue weighted by molar-refractivity contribution is 6.01. The van der Waals surface area contributed by atoms with E-state index in [2.05, 4.69) is 63.5 Å². The average molecular weight is 880 g/mol. The number of halogens is 1. The van der Waals surface area contributed by atoms with E-state index >= 15 is 0 Å². The predicted molar refractivity (Wildman–Crippen MR) is 243 cm³/mol. The van der Waals surface area contributed by atoms with Gasteiger partial charge in [-0.15, -0.1) is 0 Å². The van der Waals surface area contributed by atoms with Crippen molar-refractivity contribution in [2.45, 2.75) is 52.6 Å². The van der Waals surface area contributed by atoms with Crippen LogP contribution in [-0.2, 0) is 38.4 Å². The van der Waals surface area contributed by atoms with E-state index in [9.17, 15) is 14.0 Å². The van der Waals surface area contributed by atoms with Crippen molar-refractivity contribution in [2.75, 3.05) is 56.3 Å². The molecule has 65 heavy (non-hydrogen) atoms. The fourth-order valence-electron chi connectivity index (χ4n) is 8.38. The van der Waals surface area contributed by atoms with Gasteiger partial charge in [0, 0.05) is 58.1 Å². The molecule has 5 aromatic heterocycles. The summed E-state index contributed by atoms with van der Waals surface area (Å²) in [5.74, 6) is 1.65. The third kappa shape index (κ3) is 9.71. The van der Waals surface area contributed by atoms with Gasteiger partial charge in [-0.1, -0.05) is 32.0 Å². The highest BCUT2D eigenvalue weighted by atomic mass is 19.1. The lowest BCUT2D eigenvalue weighted by molar-refractivity contribution is -0.124. The first-order valence-electron chi connectivity index (χ1n) is 21.9. The number of rotatable bonds is 17. The molecule has 1 aliphatic heterocycles. The zero-order valence-corrected chi connectivity index (χ0v) is 36.5. The van der Waals surface area contributed by atoms with Crippen molar-refractivity contribution in [1.29, 1.82) is 0 Å². The summed E-state index contributed by atoms with van der Waals surface area (Å²) >= 11 is 0. The average Bonchev–Trinajstić information content (AvgIpc) is 3.96. The number of nitrogens with one attached hydrogen (secondary N) is 3. The Kier molecular flexibility index (Phi) is 12.8. The summed E-state index contributed by atoms with van der Waals surface area (Å²) in [6.45, 7) is 8.27. The van der Waals surface area contributed by atoms with E-state index in [1.54, 1.807) is 29.4 Å². The quantitative estimate of drug-likeness (QED) is 0.0864. The van der Waals surface area contributed by atoms with Crippen molar-refractivity contribution in [3.63, 3.8) is 0 Å². The molecule has 9 rings (SSSR count). The zero-order valence-electron chi connectivity index (χ0n) is 36.5. The van der Waals surface area contributed by atoms with Gasteiger partial charge in [-0.2, -0.15) is 5.10 Å². The Morgan fingerprint density at radius 2 is 1.80 bits per heavy atom. The van der Waals surface area contributed by atoms with Crippen molar-refractivity contribution < 1.29 is 28.2 Å². The predicted octanol–water partition coefficient (Wildman–Crippen LogP) is 6.34. The molecule has 0 saturated carbocycles. The van der Waals surface area contributed by atoms with Crippen LogP contribution in [0.25, 0.3) is 44.8 Å². The summed E-state index contributed by atoms with van der Waals surface area (Å²) in [4.78, 5) is 49.9. The topological polar surface area (TPSA) is 187 Å². The minimum Gasteiger partial charge on any atom is -0.490 e. The zero-order chi connectivity index (χ0) is 44.9. The minimum absolute atomic E-state index is 0.0398. The number of benzene rings is 2. The first kappa shape index (κ1) is 43.2. The molecule has 16 nitrogen and oxygen atoms in total. The van der Waals surface area contributed by atoms with E-state index in [1.165, 1.54) is 23.7 Å². The van der Waals surface area contributed by atoms with Gasteiger partial charge in [-0.25, -0.2) is 24.3 Å². The number of fused-ring (bicyclic) bond motifs is 4. The van der Waals surface area contributed by atoms with Crippen molar-refractivity contribution >= 4 is 34.4 Å². The number of ether oxygens (including phenoxy) is 3. The summed E-state index contributed by atoms with van der Waals surface area (Å²) in [5.41, 5.74) is 9.03. The number of nitrogens with zero attached hydrogens (tertiary/aromatic N) is 8. The molecule has 2 amide bonds. The number of aromatic amines is 1. The second kappa shape index (κ2) is 19.3. The lowest BCUT2D eigenvalue weighted by Crippen LogP contribution is -2.42. The number of amides is 2. The molecule has 334 valence electrons. The Morgan fingerprint density at radius 1 is 0.938 bits per heavy atom. The first-order chi connectivity index (χ1) is 31.7. The fraction of sp³-hybridized carbons (Fsp3) is 0.333. The summed E-state index contributed by atoms with van der Waals surface area (Å²) in [7, 11) is 0. The summed E-state index contributed by atoms with van der Waals surface area (Å²) in [6.07, 6.45) is 9.04. The van der Waals surface area contributed by atoms with Gasteiger partial charge >= 0.3 is 0 Å². The van der Waals surface area contributed by atoms with E-state index in [0.717, 1.165) is 58.1 Å². The monoisotopic (exact) mass is 879 g/mol. The molecule has 0 bridgehead atoms. The molecule has 2 aliphatic rings. The number of hydrogen-bond acceptors (Lipinski definition) is 12. The number of carbonyl (C=O) groups excluding carboxylic acids is 2. The van der Waals surface area contributed by atoms with E-state index in [-0.39, 0.29) is 42.7 Å². The van der Waals surface area contributed by atoms with Gasteiger partial charge in [0.2, 0.25) is 11.8 Å². The van der Waals surface area contributed by atoms with Crippen molar-refractivity contribution in [3.05, 3.63) is 114 Å². The van der Waals surface area contributed by atoms with Crippen LogP contribution >= 0.6 is 0 Å². The standard InChI is InChI=1S/C48H50FN11O5/c1-29(2)48(62)56-35-8-12-43-39(22-35)38-21-32(7-11-42(38)60(43)27-31-5-4-6-34(49)19-31)33-20-36(24-50-23-33)65-18-17-64-16-15-63-14-13-59-44(61)26-52-46-47(59)57-41(25-51-46)37-9-10-40(55-30(37)3)45-53-28-54-58-45/h4-7,9-11,19-21,23-25,28-29,35H,8,12-18,22,26-27H2,1-3H3,(H,51,52)(H,56,62)(H,53,54,58)/t35-/m1/s1. The number of H-pyrrole nitrogens is 1. The lowest BCUT2D eigenvalue weighted by atomic mass is 9.90. The van der Waals surface area contributed by atoms with Crippen LogP contribution in [0.15, 0.2) is 85.6 Å². The second-order valence-electron chi connectivity index (χ2n) is 16.4. The van der Waals surface area contributed by atoms with Crippen LogP contribution in [0.3, 0.4) is 0 Å². The number of carbonyl (C=O) groups is 2. The van der Waals surface area contributed by atoms with Crippen LogP contribution in [0.4, 0.5) is 16.0 Å². The maximum Gasteiger partial charge on any atom is 0.247 e. The molecule has 0 unspecified atom stereocenters. The summed E-state index contributed by atoms with van der Waals surface area (Å²) < 4.78 is 34.2. The van der Waals surface area contributed by atoms with E-state index < -0.39 is 0 Å². The number of pyridine rings is 2. The molecule has 0 spiro atoms. The molecule has 0 radical (unpaired) electrons. The van der Waals surface area contributed by atoms with Crippen molar-refractivity contribution in [1.82, 2.24) is 45.0 Å². The van der Waals surface area contributed by atoms with Crippen LogP contribution in [0, 0.1) is 18.7 Å². The van der Waals surface area contributed by atoms with Gasteiger partial charge in [-0.05, 0) is 85.3 Å². The number of anilines is 2. The second-order valence-corrected chi connectivity index (χ2v) is 16.4. The third-order valence-electron chi connectivity index (χ3n) is 11.7. The fourth-order valence-corrected chi connectivity index (χ4v) is 8.38. The lowest BCUT2D eigenvalue weighted by Gasteiger charge is -2.28. The molecule has 17 heteroatoms. The Hall–Kier alpha value is -7.11. The maximum absolute atomic E-state index is 14.2. The molecule has 1 aliphatic carbocycles. The van der Waals surface area contributed by atoms with Crippen LogP contribution in [0.2, 0.25) is 0 Å². The molecule has 0 saturated heterocycles. The molecule has 3 N–H and O–H groups in total. The highest BCUT2D eigenvalue weighted by Gasteiger charge is 2.29. The number of hydrogen-bond donors (Lipinski definition) is 3. The van der Waals surface area contributed by atoms with Gasteiger partial charge in [0.15, 0.2) is 17.5 Å². The number of aryl methyl sites for hydroxylation is 1. The third-order valence-corrected chi connectivity index (χ3v) is 11.7. The van der Waals surface area contributed by atoms with E-state index in [4.69, 9.17) is 19.2 Å². The van der Waals surface area contributed by atoms with Crippen molar-refractivity contribution in [3.8, 4) is 39.7 Å². The summed E-state index contributed by atoms with van der Waals surface area (Å²) in [6, 6.07) is 18.9. The van der Waals surface area contributed by atoms with Gasteiger partial charge in [0.25, 0.3) is 0 Å². The number of aromatic nitrogens is 8. The first-order valence-corrected chi connectivity index (χ1v) is 21.9. The molecule has 0 fully saturated rings. The Morgan fingerprint density at radius 3 is 2.62 bits per heavy atom. The van der Waals surface area contributed by atoms with Crippen LogP contribution < -0.4 is 20.3 Å². The van der Waals surface area contributed by atoms with Gasteiger partial charge in [0.05, 0.1) is 57.6 Å². The highest BCUT2D eigenvalue weighted by Crippen LogP contribution is 2.37. The molecule has 6 heterocycles. The molecule has 1 atom stereocenters. The Bertz CT molecular complexity index is 2830. The molecule has 7 aromatic rings. The Balaban J connectivity index is 0.776. The van der Waals surface area contributed by atoms with Crippen molar-refractivity contribution in [2.24, 2.45) is 5.92 Å². The normalized spacial score (nSPS) is 14.6. The smallest absolute Gasteiger partial charge is 0.247 e. The van der Waals surface area contributed by atoms with Gasteiger partial charge in [-0.3, -0.25) is 24.6 Å². The maximum atomic E-state index is 14.2.